The Bertz CT molecular complexity index is 397. The lowest BCUT2D eigenvalue weighted by molar-refractivity contribution is -0.134. The van der Waals surface area contributed by atoms with Gasteiger partial charge in [-0.15, -0.1) is 11.3 Å². The van der Waals surface area contributed by atoms with Crippen molar-refractivity contribution in [3.8, 4) is 0 Å². The molecule has 0 fully saturated rings. The molecule has 0 radical (unpaired) electrons. The van der Waals surface area contributed by atoms with Crippen molar-refractivity contribution in [2.24, 2.45) is 11.1 Å². The minimum Gasteiger partial charge on any atom is -0.340 e. The molecule has 1 atom stereocenters. The van der Waals surface area contributed by atoms with Crippen LogP contribution in [-0.4, -0.2) is 23.9 Å². The van der Waals surface area contributed by atoms with Crippen molar-refractivity contribution in [3.05, 3.63) is 20.8 Å². The van der Waals surface area contributed by atoms with Crippen molar-refractivity contribution in [2.75, 3.05) is 7.05 Å². The molecule has 1 heterocycles. The normalized spacial score (nSPS) is 13.5. The van der Waals surface area contributed by atoms with Gasteiger partial charge in [0.1, 0.15) is 0 Å². The van der Waals surface area contributed by atoms with Crippen LogP contribution in [0.2, 0.25) is 0 Å². The maximum absolute atomic E-state index is 12.1. The second-order valence-electron chi connectivity index (χ2n) is 5.30. The largest absolute Gasteiger partial charge is 0.340 e. The van der Waals surface area contributed by atoms with Crippen LogP contribution in [0.15, 0.2) is 15.2 Å². The van der Waals surface area contributed by atoms with Crippen molar-refractivity contribution < 1.29 is 4.79 Å². The number of hydrogen-bond donors (Lipinski definition) is 1. The van der Waals surface area contributed by atoms with Gasteiger partial charge in [0.15, 0.2) is 0 Å². The third-order valence-corrected chi connectivity index (χ3v) is 4.17. The molecule has 0 aliphatic carbocycles. The molecule has 0 unspecified atom stereocenters. The van der Waals surface area contributed by atoms with Crippen LogP contribution in [0.3, 0.4) is 0 Å². The molecule has 5 heteroatoms. The van der Waals surface area contributed by atoms with E-state index in [1.807, 2.05) is 32.2 Å². The number of nitrogens with zero attached hydrogens (tertiary/aromatic N) is 1. The highest BCUT2D eigenvalue weighted by Gasteiger charge is 2.29. The molecule has 1 aromatic heterocycles. The number of nitrogens with two attached hydrogens (primary N) is 1. The lowest BCUT2D eigenvalue weighted by atomic mass is 9.86. The summed E-state index contributed by atoms with van der Waals surface area (Å²) in [7, 11) is 1.79. The first kappa shape index (κ1) is 14.7. The number of halogens is 1. The van der Waals surface area contributed by atoms with Crippen LogP contribution in [0.4, 0.5) is 0 Å². The molecule has 0 saturated heterocycles. The van der Waals surface area contributed by atoms with Crippen LogP contribution in [0.1, 0.15) is 26.3 Å². The van der Waals surface area contributed by atoms with Crippen molar-refractivity contribution in [3.63, 3.8) is 0 Å². The van der Waals surface area contributed by atoms with Gasteiger partial charge in [0, 0.05) is 13.6 Å². The SMILES string of the molecule is CN(Cc1csc(Br)c1)C(=O)[C@H](N)C(C)(C)C. The molecule has 3 nitrogen and oxygen atoms in total. The Morgan fingerprint density at radius 2 is 2.18 bits per heavy atom. The molecule has 0 bridgehead atoms. The first-order valence-electron chi connectivity index (χ1n) is 5.45. The van der Waals surface area contributed by atoms with Gasteiger partial charge in [0.2, 0.25) is 5.91 Å². The fourth-order valence-electron chi connectivity index (χ4n) is 1.39. The lowest BCUT2D eigenvalue weighted by Crippen LogP contribution is -2.48. The lowest BCUT2D eigenvalue weighted by Gasteiger charge is -2.29. The fourth-order valence-corrected chi connectivity index (χ4v) is 2.59. The Morgan fingerprint density at radius 3 is 2.59 bits per heavy atom. The number of carbonyl (C=O) groups is 1. The average Bonchev–Trinajstić information content (AvgIpc) is 2.60. The van der Waals surface area contributed by atoms with Gasteiger partial charge in [-0.2, -0.15) is 0 Å². The molecule has 0 aliphatic rings. The zero-order chi connectivity index (χ0) is 13.2. The molecular weight excluding hydrogens is 300 g/mol. The highest BCUT2D eigenvalue weighted by molar-refractivity contribution is 9.11. The molecule has 0 saturated carbocycles. The van der Waals surface area contributed by atoms with Crippen molar-refractivity contribution in [1.82, 2.24) is 4.90 Å². The Hall–Kier alpha value is -0.390. The minimum absolute atomic E-state index is 0.0141. The van der Waals surface area contributed by atoms with E-state index in [0.29, 0.717) is 6.54 Å². The monoisotopic (exact) mass is 318 g/mol. The Morgan fingerprint density at radius 1 is 1.59 bits per heavy atom. The number of amides is 1. The summed E-state index contributed by atoms with van der Waals surface area (Å²) in [6.07, 6.45) is 0. The third kappa shape index (κ3) is 4.08. The Kier molecular flexibility index (Phi) is 4.75. The van der Waals surface area contributed by atoms with E-state index >= 15 is 0 Å². The van der Waals surface area contributed by atoms with E-state index in [4.69, 9.17) is 5.73 Å². The zero-order valence-electron chi connectivity index (χ0n) is 10.7. The molecule has 1 rings (SSSR count). The first-order chi connectivity index (χ1) is 7.71. The molecule has 2 N–H and O–H groups in total. The molecule has 1 aromatic rings. The fraction of sp³-hybridized carbons (Fsp3) is 0.583. The quantitative estimate of drug-likeness (QED) is 0.931. The van der Waals surface area contributed by atoms with Crippen LogP contribution < -0.4 is 5.73 Å². The van der Waals surface area contributed by atoms with Crippen LogP contribution in [-0.2, 0) is 11.3 Å². The highest BCUT2D eigenvalue weighted by atomic mass is 79.9. The number of thiophene rings is 1. The summed E-state index contributed by atoms with van der Waals surface area (Å²) in [5.41, 5.74) is 6.87. The highest BCUT2D eigenvalue weighted by Crippen LogP contribution is 2.23. The van der Waals surface area contributed by atoms with E-state index in [0.717, 1.165) is 9.35 Å². The minimum atomic E-state index is -0.463. The molecular formula is C12H19BrN2OS. The molecule has 0 aliphatic heterocycles. The Balaban J connectivity index is 2.65. The van der Waals surface area contributed by atoms with E-state index < -0.39 is 6.04 Å². The predicted octanol–water partition coefficient (Wildman–Crippen LogP) is 2.84. The van der Waals surface area contributed by atoms with E-state index in [9.17, 15) is 4.79 Å². The van der Waals surface area contributed by atoms with Gasteiger partial charge in [0.05, 0.1) is 9.83 Å². The van der Waals surface area contributed by atoms with Gasteiger partial charge < -0.3 is 10.6 Å². The van der Waals surface area contributed by atoms with Gasteiger partial charge in [-0.3, -0.25) is 4.79 Å². The van der Waals surface area contributed by atoms with Crippen LogP contribution in [0.5, 0.6) is 0 Å². The van der Waals surface area contributed by atoms with Crippen LogP contribution in [0.25, 0.3) is 0 Å². The third-order valence-electron chi connectivity index (χ3n) is 2.62. The topological polar surface area (TPSA) is 46.3 Å². The van der Waals surface area contributed by atoms with Crippen molar-refractivity contribution in [1.29, 1.82) is 0 Å². The smallest absolute Gasteiger partial charge is 0.240 e. The first-order valence-corrected chi connectivity index (χ1v) is 7.12. The second kappa shape index (κ2) is 5.50. The standard InChI is InChI=1S/C12H19BrN2OS/c1-12(2,3)10(14)11(16)15(4)6-8-5-9(13)17-7-8/h5,7,10H,6,14H2,1-4H3/t10-/m0/s1. The molecule has 96 valence electrons. The maximum Gasteiger partial charge on any atom is 0.240 e. The summed E-state index contributed by atoms with van der Waals surface area (Å²) >= 11 is 5.03. The van der Waals surface area contributed by atoms with E-state index in [-0.39, 0.29) is 11.3 Å². The summed E-state index contributed by atoms with van der Waals surface area (Å²) in [6.45, 7) is 6.53. The van der Waals surface area contributed by atoms with Gasteiger partial charge in [-0.05, 0) is 38.4 Å². The molecule has 1 amide bonds. The van der Waals surface area contributed by atoms with Gasteiger partial charge in [0.25, 0.3) is 0 Å². The van der Waals surface area contributed by atoms with Crippen molar-refractivity contribution in [2.45, 2.75) is 33.4 Å². The van der Waals surface area contributed by atoms with E-state index in [1.165, 1.54) is 0 Å². The number of rotatable bonds is 3. The van der Waals surface area contributed by atoms with Gasteiger partial charge in [-0.25, -0.2) is 0 Å². The second-order valence-corrected chi connectivity index (χ2v) is 7.59. The van der Waals surface area contributed by atoms with E-state index in [2.05, 4.69) is 15.9 Å². The summed E-state index contributed by atoms with van der Waals surface area (Å²) in [6, 6.07) is 1.56. The average molecular weight is 319 g/mol. The summed E-state index contributed by atoms with van der Waals surface area (Å²) < 4.78 is 1.08. The predicted molar refractivity (Wildman–Crippen MR) is 75.9 cm³/mol. The zero-order valence-corrected chi connectivity index (χ0v) is 13.1. The Labute approximate surface area is 115 Å². The van der Waals surface area contributed by atoms with Crippen LogP contribution in [0, 0.1) is 5.41 Å². The maximum atomic E-state index is 12.1. The number of hydrogen-bond acceptors (Lipinski definition) is 3. The van der Waals surface area contributed by atoms with Gasteiger partial charge in [-0.1, -0.05) is 20.8 Å². The summed E-state index contributed by atoms with van der Waals surface area (Å²) in [5, 5.41) is 2.04. The number of likely N-dealkylation sites (N-methyl/N-ethyl adjacent to an activating group) is 1. The van der Waals surface area contributed by atoms with E-state index in [1.54, 1.807) is 23.3 Å². The van der Waals surface area contributed by atoms with Crippen LogP contribution >= 0.6 is 27.3 Å². The summed E-state index contributed by atoms with van der Waals surface area (Å²) in [4.78, 5) is 13.8. The molecule has 0 aromatic carbocycles. The van der Waals surface area contributed by atoms with Crippen molar-refractivity contribution >= 4 is 33.2 Å². The molecule has 0 spiro atoms. The molecule has 17 heavy (non-hydrogen) atoms. The van der Waals surface area contributed by atoms with Gasteiger partial charge >= 0.3 is 0 Å². The number of carbonyl (C=O) groups excluding carboxylic acids is 1. The summed E-state index contributed by atoms with van der Waals surface area (Å²) in [5.74, 6) is -0.0141.